The highest BCUT2D eigenvalue weighted by atomic mass is 19.3. The SMILES string of the molecule is O=C1COC2C(CNCC2(F)F)N1. The monoisotopic (exact) mass is 192 g/mol. The van der Waals surface area contributed by atoms with Crippen molar-refractivity contribution < 1.29 is 18.3 Å². The van der Waals surface area contributed by atoms with Gasteiger partial charge in [-0.05, 0) is 0 Å². The zero-order valence-electron chi connectivity index (χ0n) is 6.85. The van der Waals surface area contributed by atoms with Crippen molar-refractivity contribution in [2.45, 2.75) is 18.1 Å². The predicted octanol–water partition coefficient (Wildman–Crippen LogP) is -0.892. The summed E-state index contributed by atoms with van der Waals surface area (Å²) in [5.74, 6) is -3.22. The lowest BCUT2D eigenvalue weighted by molar-refractivity contribution is -0.181. The molecule has 2 fully saturated rings. The summed E-state index contributed by atoms with van der Waals surface area (Å²) in [6.07, 6.45) is -1.17. The van der Waals surface area contributed by atoms with Crippen molar-refractivity contribution in [3.63, 3.8) is 0 Å². The second kappa shape index (κ2) is 2.88. The summed E-state index contributed by atoms with van der Waals surface area (Å²) in [7, 11) is 0. The van der Waals surface area contributed by atoms with Crippen LogP contribution < -0.4 is 10.6 Å². The van der Waals surface area contributed by atoms with Crippen molar-refractivity contribution in [1.29, 1.82) is 0 Å². The molecule has 2 atom stereocenters. The number of ether oxygens (including phenoxy) is 1. The van der Waals surface area contributed by atoms with Gasteiger partial charge in [0.1, 0.15) is 12.7 Å². The van der Waals surface area contributed by atoms with Gasteiger partial charge in [-0.25, -0.2) is 8.78 Å². The van der Waals surface area contributed by atoms with Crippen LogP contribution in [0.2, 0.25) is 0 Å². The summed E-state index contributed by atoms with van der Waals surface area (Å²) in [5, 5.41) is 5.02. The van der Waals surface area contributed by atoms with Crippen LogP contribution in [0.1, 0.15) is 0 Å². The van der Waals surface area contributed by atoms with Crippen LogP contribution in [0.15, 0.2) is 0 Å². The summed E-state index contributed by atoms with van der Waals surface area (Å²) in [6.45, 7) is -0.313. The molecular formula is C7H10F2N2O2. The van der Waals surface area contributed by atoms with E-state index in [9.17, 15) is 13.6 Å². The van der Waals surface area contributed by atoms with Crippen molar-refractivity contribution >= 4 is 5.91 Å². The summed E-state index contributed by atoms with van der Waals surface area (Å²) in [6, 6.07) is -0.606. The zero-order valence-corrected chi connectivity index (χ0v) is 6.85. The molecule has 2 unspecified atom stereocenters. The lowest BCUT2D eigenvalue weighted by Crippen LogP contribution is -2.67. The Morgan fingerprint density at radius 2 is 2.31 bits per heavy atom. The van der Waals surface area contributed by atoms with Gasteiger partial charge >= 0.3 is 0 Å². The summed E-state index contributed by atoms with van der Waals surface area (Å²) in [5.41, 5.74) is 0. The largest absolute Gasteiger partial charge is 0.360 e. The lowest BCUT2D eigenvalue weighted by atomic mass is 9.99. The van der Waals surface area contributed by atoms with Crippen molar-refractivity contribution in [3.05, 3.63) is 0 Å². The lowest BCUT2D eigenvalue weighted by Gasteiger charge is -2.40. The van der Waals surface area contributed by atoms with Gasteiger partial charge in [-0.15, -0.1) is 0 Å². The summed E-state index contributed by atoms with van der Waals surface area (Å²) in [4.78, 5) is 10.8. The van der Waals surface area contributed by atoms with Crippen LogP contribution in [0.4, 0.5) is 8.78 Å². The quantitative estimate of drug-likeness (QED) is 0.523. The van der Waals surface area contributed by atoms with Gasteiger partial charge in [0, 0.05) is 6.54 Å². The minimum absolute atomic E-state index is 0.267. The third-order valence-corrected chi connectivity index (χ3v) is 2.25. The molecule has 0 aromatic heterocycles. The van der Waals surface area contributed by atoms with Crippen LogP contribution in [-0.2, 0) is 9.53 Å². The van der Waals surface area contributed by atoms with E-state index in [1.54, 1.807) is 0 Å². The van der Waals surface area contributed by atoms with Gasteiger partial charge in [0.15, 0.2) is 0 Å². The molecule has 0 spiro atoms. The van der Waals surface area contributed by atoms with Gasteiger partial charge in [-0.3, -0.25) is 4.79 Å². The Morgan fingerprint density at radius 3 is 3.08 bits per heavy atom. The molecule has 4 nitrogen and oxygen atoms in total. The number of amides is 1. The average molecular weight is 192 g/mol. The number of morpholine rings is 1. The molecule has 1 amide bonds. The van der Waals surface area contributed by atoms with E-state index < -0.39 is 18.1 Å². The molecule has 2 aliphatic heterocycles. The number of hydrogen-bond donors (Lipinski definition) is 2. The molecule has 13 heavy (non-hydrogen) atoms. The van der Waals surface area contributed by atoms with Crippen LogP contribution in [-0.4, -0.2) is 43.7 Å². The number of alkyl halides is 2. The Bertz CT molecular complexity index is 235. The van der Waals surface area contributed by atoms with Crippen LogP contribution in [0.25, 0.3) is 0 Å². The van der Waals surface area contributed by atoms with E-state index in [2.05, 4.69) is 10.6 Å². The molecular weight excluding hydrogens is 182 g/mol. The zero-order chi connectivity index (χ0) is 9.47. The van der Waals surface area contributed by atoms with Gasteiger partial charge in [-0.2, -0.15) is 0 Å². The van der Waals surface area contributed by atoms with E-state index in [-0.39, 0.29) is 19.1 Å². The van der Waals surface area contributed by atoms with Crippen LogP contribution in [0.5, 0.6) is 0 Å². The standard InChI is InChI=1S/C7H10F2N2O2/c8-7(9)3-10-1-4-6(7)13-2-5(12)11-4/h4,6,10H,1-3H2,(H,11,12). The number of carbonyl (C=O) groups excluding carboxylic acids is 1. The molecule has 2 rings (SSSR count). The molecule has 2 heterocycles. The molecule has 2 N–H and O–H groups in total. The van der Waals surface area contributed by atoms with Crippen LogP contribution >= 0.6 is 0 Å². The second-order valence-corrected chi connectivity index (χ2v) is 3.30. The second-order valence-electron chi connectivity index (χ2n) is 3.30. The number of nitrogens with one attached hydrogen (secondary N) is 2. The first-order valence-electron chi connectivity index (χ1n) is 4.09. The van der Waals surface area contributed by atoms with Crippen LogP contribution in [0.3, 0.4) is 0 Å². The van der Waals surface area contributed by atoms with E-state index in [1.807, 2.05) is 0 Å². The molecule has 0 radical (unpaired) electrons. The number of halogens is 2. The van der Waals surface area contributed by atoms with Crippen molar-refractivity contribution in [1.82, 2.24) is 10.6 Å². The molecule has 74 valence electrons. The smallest absolute Gasteiger partial charge is 0.287 e. The summed E-state index contributed by atoms with van der Waals surface area (Å²) >= 11 is 0. The minimum Gasteiger partial charge on any atom is -0.360 e. The number of fused-ring (bicyclic) bond motifs is 1. The van der Waals surface area contributed by atoms with E-state index in [0.29, 0.717) is 6.54 Å². The van der Waals surface area contributed by atoms with Gasteiger partial charge in [0.25, 0.3) is 5.92 Å². The topological polar surface area (TPSA) is 50.4 Å². The number of hydrogen-bond acceptors (Lipinski definition) is 3. The first-order chi connectivity index (χ1) is 6.09. The van der Waals surface area contributed by atoms with Crippen molar-refractivity contribution in [2.24, 2.45) is 0 Å². The number of carbonyl (C=O) groups is 1. The first kappa shape index (κ1) is 8.83. The molecule has 0 aliphatic carbocycles. The third kappa shape index (κ3) is 1.51. The van der Waals surface area contributed by atoms with E-state index in [1.165, 1.54) is 0 Å². The average Bonchev–Trinajstić information content (AvgIpc) is 2.02. The number of piperidine rings is 1. The van der Waals surface area contributed by atoms with Gasteiger partial charge in [0.2, 0.25) is 5.91 Å². The Labute approximate surface area is 73.6 Å². The first-order valence-corrected chi connectivity index (χ1v) is 4.09. The van der Waals surface area contributed by atoms with E-state index in [0.717, 1.165) is 0 Å². The predicted molar refractivity (Wildman–Crippen MR) is 39.5 cm³/mol. The molecule has 2 saturated heterocycles. The maximum Gasteiger partial charge on any atom is 0.287 e. The Hall–Kier alpha value is -0.750. The Balaban J connectivity index is 2.12. The normalized spacial score (nSPS) is 37.8. The van der Waals surface area contributed by atoms with Crippen molar-refractivity contribution in [2.75, 3.05) is 19.7 Å². The fourth-order valence-electron chi connectivity index (χ4n) is 1.68. The third-order valence-electron chi connectivity index (χ3n) is 2.25. The molecule has 0 aromatic rings. The van der Waals surface area contributed by atoms with E-state index >= 15 is 0 Å². The molecule has 0 saturated carbocycles. The van der Waals surface area contributed by atoms with Gasteiger partial charge in [0.05, 0.1) is 12.6 Å². The molecule has 0 bridgehead atoms. The fourth-order valence-corrected chi connectivity index (χ4v) is 1.68. The van der Waals surface area contributed by atoms with Crippen LogP contribution in [0, 0.1) is 0 Å². The Kier molecular flexibility index (Phi) is 1.96. The van der Waals surface area contributed by atoms with Gasteiger partial charge in [-0.1, -0.05) is 0 Å². The van der Waals surface area contributed by atoms with Gasteiger partial charge < -0.3 is 15.4 Å². The molecule has 6 heteroatoms. The molecule has 2 aliphatic rings. The fraction of sp³-hybridized carbons (Fsp3) is 0.857. The minimum atomic E-state index is -2.89. The number of rotatable bonds is 0. The van der Waals surface area contributed by atoms with Crippen molar-refractivity contribution in [3.8, 4) is 0 Å². The maximum atomic E-state index is 13.1. The summed E-state index contributed by atoms with van der Waals surface area (Å²) < 4.78 is 31.1. The highest BCUT2D eigenvalue weighted by molar-refractivity contribution is 5.78. The highest BCUT2D eigenvalue weighted by Crippen LogP contribution is 2.27. The molecule has 0 aromatic carbocycles. The maximum absolute atomic E-state index is 13.1. The highest BCUT2D eigenvalue weighted by Gasteiger charge is 2.50. The Morgan fingerprint density at radius 1 is 1.54 bits per heavy atom. The van der Waals surface area contributed by atoms with E-state index in [4.69, 9.17) is 4.74 Å².